The number of thiocarbonyl (C=S) groups is 1. The van der Waals surface area contributed by atoms with Gasteiger partial charge >= 0.3 is 5.97 Å². The average Bonchev–Trinajstić information content (AvgIpc) is 2.77. The molecule has 0 saturated heterocycles. The van der Waals surface area contributed by atoms with Crippen LogP contribution in [0.3, 0.4) is 0 Å². The summed E-state index contributed by atoms with van der Waals surface area (Å²) in [6, 6.07) is 5.18. The van der Waals surface area contributed by atoms with Gasteiger partial charge in [0.1, 0.15) is 5.82 Å². The Morgan fingerprint density at radius 3 is 2.79 bits per heavy atom. The molecule has 98 valence electrons. The lowest BCUT2D eigenvalue weighted by Gasteiger charge is -2.10. The Labute approximate surface area is 112 Å². The zero-order valence-corrected chi connectivity index (χ0v) is 10.3. The second kappa shape index (κ2) is 5.02. The summed E-state index contributed by atoms with van der Waals surface area (Å²) < 4.78 is 14.5. The van der Waals surface area contributed by atoms with Crippen LogP contribution in [0.15, 0.2) is 30.5 Å². The first-order chi connectivity index (χ1) is 8.97. The number of carboxylic acid groups (broad SMARTS) is 1. The van der Waals surface area contributed by atoms with Crippen LogP contribution in [-0.4, -0.2) is 26.0 Å². The van der Waals surface area contributed by atoms with Gasteiger partial charge in [-0.05, 0) is 36.5 Å². The molecule has 8 heteroatoms. The van der Waals surface area contributed by atoms with Crippen molar-refractivity contribution >= 4 is 29.0 Å². The zero-order chi connectivity index (χ0) is 14.0. The zero-order valence-electron chi connectivity index (χ0n) is 9.50. The van der Waals surface area contributed by atoms with Crippen LogP contribution in [0.2, 0.25) is 0 Å². The van der Waals surface area contributed by atoms with E-state index >= 15 is 0 Å². The number of aromatic nitrogens is 2. The van der Waals surface area contributed by atoms with Crippen molar-refractivity contribution in [1.29, 1.82) is 0 Å². The third-order valence-electron chi connectivity index (χ3n) is 2.27. The molecule has 0 radical (unpaired) electrons. The van der Waals surface area contributed by atoms with Crippen molar-refractivity contribution in [2.24, 2.45) is 5.73 Å². The minimum Gasteiger partial charge on any atom is -0.476 e. The summed E-state index contributed by atoms with van der Waals surface area (Å²) in [5, 5.41) is 15.2. The molecule has 0 aliphatic rings. The number of nitrogens with two attached hydrogens (primary N) is 1. The highest BCUT2D eigenvalue weighted by atomic mass is 32.1. The van der Waals surface area contributed by atoms with E-state index in [1.165, 1.54) is 35.1 Å². The van der Waals surface area contributed by atoms with Gasteiger partial charge in [-0.1, -0.05) is 0 Å². The molecule has 6 nitrogen and oxygen atoms in total. The van der Waals surface area contributed by atoms with Crippen molar-refractivity contribution in [3.05, 3.63) is 42.0 Å². The number of nitrogens with one attached hydrogen (secondary N) is 1. The van der Waals surface area contributed by atoms with Gasteiger partial charge in [0.15, 0.2) is 10.8 Å². The molecule has 0 atom stereocenters. The topological polar surface area (TPSA) is 93.2 Å². The molecule has 0 amide bonds. The summed E-state index contributed by atoms with van der Waals surface area (Å²) in [6.07, 6.45) is 1.45. The lowest BCUT2D eigenvalue weighted by molar-refractivity contribution is 0.0690. The summed E-state index contributed by atoms with van der Waals surface area (Å²) in [6.45, 7) is 0. The average molecular weight is 280 g/mol. The molecule has 2 aromatic rings. The lowest BCUT2D eigenvalue weighted by atomic mass is 10.2. The van der Waals surface area contributed by atoms with Crippen LogP contribution in [-0.2, 0) is 0 Å². The van der Waals surface area contributed by atoms with Gasteiger partial charge in [0, 0.05) is 6.20 Å². The minimum atomic E-state index is -1.15. The molecular formula is C11H9FN4O2S. The highest BCUT2D eigenvalue weighted by Crippen LogP contribution is 2.21. The van der Waals surface area contributed by atoms with Crippen molar-refractivity contribution in [1.82, 2.24) is 9.78 Å². The van der Waals surface area contributed by atoms with Crippen LogP contribution in [0.25, 0.3) is 5.69 Å². The molecule has 0 fully saturated rings. The Kier molecular flexibility index (Phi) is 3.43. The lowest BCUT2D eigenvalue weighted by Crippen LogP contribution is -2.20. The Hall–Kier alpha value is -2.48. The number of rotatable bonds is 3. The van der Waals surface area contributed by atoms with Crippen molar-refractivity contribution in [2.45, 2.75) is 0 Å². The van der Waals surface area contributed by atoms with E-state index in [0.717, 1.165) is 0 Å². The Morgan fingerprint density at radius 1 is 1.47 bits per heavy atom. The highest BCUT2D eigenvalue weighted by molar-refractivity contribution is 7.80. The normalized spacial score (nSPS) is 10.2. The van der Waals surface area contributed by atoms with Crippen molar-refractivity contribution < 1.29 is 14.3 Å². The Morgan fingerprint density at radius 2 is 2.21 bits per heavy atom. The number of hydrogen-bond acceptors (Lipinski definition) is 3. The number of carbonyl (C=O) groups is 1. The van der Waals surface area contributed by atoms with Gasteiger partial charge in [0.05, 0.1) is 11.4 Å². The number of aromatic carboxylic acids is 1. The van der Waals surface area contributed by atoms with Gasteiger partial charge in [-0.3, -0.25) is 0 Å². The number of nitrogens with zero attached hydrogens (tertiary/aromatic N) is 2. The molecule has 1 aromatic carbocycles. The van der Waals surface area contributed by atoms with Crippen LogP contribution < -0.4 is 11.1 Å². The smallest absolute Gasteiger partial charge is 0.356 e. The molecule has 1 heterocycles. The largest absolute Gasteiger partial charge is 0.476 e. The van der Waals surface area contributed by atoms with Crippen LogP contribution in [0.4, 0.5) is 10.1 Å². The number of carboxylic acids is 1. The molecule has 0 aliphatic carbocycles. The van der Waals surface area contributed by atoms with Gasteiger partial charge in [0.2, 0.25) is 0 Å². The molecule has 1 aromatic heterocycles. The fourth-order valence-electron chi connectivity index (χ4n) is 1.51. The number of benzene rings is 1. The Bertz CT molecular complexity index is 656. The minimum absolute atomic E-state index is 0.0301. The molecule has 0 saturated carbocycles. The fraction of sp³-hybridized carbons (Fsp3) is 0. The number of anilines is 1. The quantitative estimate of drug-likeness (QED) is 0.735. The monoisotopic (exact) mass is 280 g/mol. The fourth-order valence-corrected chi connectivity index (χ4v) is 1.62. The summed E-state index contributed by atoms with van der Waals surface area (Å²) in [5.41, 5.74) is 5.96. The maximum Gasteiger partial charge on any atom is 0.356 e. The predicted molar refractivity (Wildman–Crippen MR) is 70.9 cm³/mol. The maximum absolute atomic E-state index is 13.2. The number of hydrogen-bond donors (Lipinski definition) is 3. The molecule has 0 bridgehead atoms. The third kappa shape index (κ3) is 2.86. The van der Waals surface area contributed by atoms with Crippen LogP contribution in [0.1, 0.15) is 10.5 Å². The van der Waals surface area contributed by atoms with Crippen molar-refractivity contribution in [3.8, 4) is 5.69 Å². The molecule has 0 unspecified atom stereocenters. The number of halogens is 1. The SMILES string of the molecule is NC(=S)Nc1cc(F)ccc1-n1ccc(C(=O)O)n1. The Balaban J connectivity index is 2.47. The van der Waals surface area contributed by atoms with Gasteiger partial charge < -0.3 is 16.2 Å². The standard InChI is InChI=1S/C11H9FN4O2S/c12-6-1-2-9(8(5-6)14-11(13)19)16-4-3-7(15-16)10(17)18/h1-5H,(H,17,18)(H3,13,14,19). The van der Waals surface area contributed by atoms with Gasteiger partial charge in [-0.2, -0.15) is 5.10 Å². The molecule has 0 aliphatic heterocycles. The summed E-state index contributed by atoms with van der Waals surface area (Å²) in [4.78, 5) is 10.8. The molecule has 19 heavy (non-hydrogen) atoms. The van der Waals surface area contributed by atoms with Crippen LogP contribution >= 0.6 is 12.2 Å². The first-order valence-electron chi connectivity index (χ1n) is 5.12. The van der Waals surface area contributed by atoms with E-state index < -0.39 is 11.8 Å². The predicted octanol–water partition coefficient (Wildman–Crippen LogP) is 1.37. The molecular weight excluding hydrogens is 271 g/mol. The van der Waals surface area contributed by atoms with Crippen LogP contribution in [0.5, 0.6) is 0 Å². The van der Waals surface area contributed by atoms with E-state index in [2.05, 4.69) is 10.4 Å². The third-order valence-corrected chi connectivity index (χ3v) is 2.37. The van der Waals surface area contributed by atoms with E-state index in [4.69, 9.17) is 23.1 Å². The first kappa shape index (κ1) is 13.0. The molecule has 0 spiro atoms. The molecule has 2 rings (SSSR count). The first-order valence-corrected chi connectivity index (χ1v) is 5.53. The van der Waals surface area contributed by atoms with Crippen molar-refractivity contribution in [3.63, 3.8) is 0 Å². The van der Waals surface area contributed by atoms with E-state index in [-0.39, 0.29) is 10.8 Å². The van der Waals surface area contributed by atoms with Crippen LogP contribution in [0, 0.1) is 5.82 Å². The second-order valence-electron chi connectivity index (χ2n) is 3.60. The van der Waals surface area contributed by atoms with E-state index in [1.807, 2.05) is 0 Å². The van der Waals surface area contributed by atoms with E-state index in [1.54, 1.807) is 0 Å². The second-order valence-corrected chi connectivity index (χ2v) is 4.04. The molecule has 4 N–H and O–H groups in total. The summed E-state index contributed by atoms with van der Waals surface area (Å²) >= 11 is 4.70. The summed E-state index contributed by atoms with van der Waals surface area (Å²) in [7, 11) is 0. The van der Waals surface area contributed by atoms with Gasteiger partial charge in [-0.25, -0.2) is 13.9 Å². The van der Waals surface area contributed by atoms with Gasteiger partial charge in [-0.15, -0.1) is 0 Å². The van der Waals surface area contributed by atoms with E-state index in [9.17, 15) is 9.18 Å². The van der Waals surface area contributed by atoms with E-state index in [0.29, 0.717) is 11.4 Å². The highest BCUT2D eigenvalue weighted by Gasteiger charge is 2.11. The maximum atomic E-state index is 13.2. The van der Waals surface area contributed by atoms with Gasteiger partial charge in [0.25, 0.3) is 0 Å². The summed E-state index contributed by atoms with van der Waals surface area (Å²) in [5.74, 6) is -1.63. The van der Waals surface area contributed by atoms with Crippen molar-refractivity contribution in [2.75, 3.05) is 5.32 Å².